The van der Waals surface area contributed by atoms with E-state index >= 15 is 0 Å². The van der Waals surface area contributed by atoms with Crippen LogP contribution in [0.15, 0.2) is 24.3 Å². The van der Waals surface area contributed by atoms with Crippen molar-refractivity contribution in [3.05, 3.63) is 35.6 Å². The molecular formula is C17H25FN2. The van der Waals surface area contributed by atoms with Gasteiger partial charge in [0.1, 0.15) is 5.82 Å². The van der Waals surface area contributed by atoms with Gasteiger partial charge in [0, 0.05) is 18.6 Å². The lowest BCUT2D eigenvalue weighted by molar-refractivity contribution is 0.202. The van der Waals surface area contributed by atoms with E-state index in [9.17, 15) is 4.39 Å². The lowest BCUT2D eigenvalue weighted by Gasteiger charge is -2.34. The first-order chi connectivity index (χ1) is 9.67. The Morgan fingerprint density at radius 1 is 1.35 bits per heavy atom. The maximum atomic E-state index is 13.7. The first-order valence-electron chi connectivity index (χ1n) is 7.88. The molecule has 1 atom stereocenters. The standard InChI is InChI=1S/C17H25FN2/c1-17(15-7-8-15)13-20(11-4-10-19-17)12-9-14-5-2-3-6-16(14)18/h2-3,5-6,15,19H,4,7-13H2,1H3. The Labute approximate surface area is 121 Å². The Morgan fingerprint density at radius 3 is 2.90 bits per heavy atom. The molecule has 1 saturated carbocycles. The van der Waals surface area contributed by atoms with Crippen molar-refractivity contribution in [3.63, 3.8) is 0 Å². The molecule has 1 unspecified atom stereocenters. The van der Waals surface area contributed by atoms with Crippen LogP contribution in [0.1, 0.15) is 31.7 Å². The lowest BCUT2D eigenvalue weighted by Crippen LogP contribution is -2.51. The molecule has 110 valence electrons. The minimum absolute atomic E-state index is 0.0644. The van der Waals surface area contributed by atoms with Crippen molar-refractivity contribution in [2.45, 2.75) is 38.1 Å². The number of nitrogens with one attached hydrogen (secondary N) is 1. The highest BCUT2D eigenvalue weighted by molar-refractivity contribution is 5.17. The molecule has 3 rings (SSSR count). The maximum absolute atomic E-state index is 13.7. The SMILES string of the molecule is CC1(C2CC2)CN(CCc2ccccc2F)CCCN1. The van der Waals surface area contributed by atoms with Crippen molar-refractivity contribution in [1.29, 1.82) is 0 Å². The van der Waals surface area contributed by atoms with Crippen LogP contribution < -0.4 is 5.32 Å². The van der Waals surface area contributed by atoms with E-state index in [2.05, 4.69) is 17.1 Å². The number of hydrogen-bond acceptors (Lipinski definition) is 2. The third-order valence-electron chi connectivity index (χ3n) is 4.87. The Bertz CT molecular complexity index is 458. The molecular weight excluding hydrogens is 251 g/mol. The minimum Gasteiger partial charge on any atom is -0.310 e. The Hall–Kier alpha value is -0.930. The summed E-state index contributed by atoms with van der Waals surface area (Å²) in [6.45, 7) is 6.68. The molecule has 1 aromatic carbocycles. The number of rotatable bonds is 4. The van der Waals surface area contributed by atoms with E-state index < -0.39 is 0 Å². The topological polar surface area (TPSA) is 15.3 Å². The summed E-state index contributed by atoms with van der Waals surface area (Å²) in [4.78, 5) is 2.52. The molecule has 0 aromatic heterocycles. The van der Waals surface area contributed by atoms with Crippen molar-refractivity contribution in [2.75, 3.05) is 26.2 Å². The van der Waals surface area contributed by atoms with Gasteiger partial charge in [0.2, 0.25) is 0 Å². The monoisotopic (exact) mass is 276 g/mol. The summed E-state index contributed by atoms with van der Waals surface area (Å²) in [5, 5.41) is 3.74. The lowest BCUT2D eigenvalue weighted by atomic mass is 9.95. The van der Waals surface area contributed by atoms with Crippen molar-refractivity contribution < 1.29 is 4.39 Å². The summed E-state index contributed by atoms with van der Waals surface area (Å²) < 4.78 is 13.7. The Balaban J connectivity index is 1.60. The minimum atomic E-state index is -0.0644. The summed E-state index contributed by atoms with van der Waals surface area (Å²) in [7, 11) is 0. The van der Waals surface area contributed by atoms with Crippen LogP contribution in [0.4, 0.5) is 4.39 Å². The second-order valence-electron chi connectivity index (χ2n) is 6.59. The van der Waals surface area contributed by atoms with Gasteiger partial charge < -0.3 is 10.2 Å². The molecule has 1 aliphatic carbocycles. The van der Waals surface area contributed by atoms with E-state index in [0.717, 1.165) is 44.1 Å². The van der Waals surface area contributed by atoms with E-state index in [4.69, 9.17) is 0 Å². The number of hydrogen-bond donors (Lipinski definition) is 1. The van der Waals surface area contributed by atoms with E-state index in [1.807, 2.05) is 12.1 Å². The molecule has 0 radical (unpaired) electrons. The van der Waals surface area contributed by atoms with Gasteiger partial charge in [0.15, 0.2) is 0 Å². The fourth-order valence-electron chi connectivity index (χ4n) is 3.44. The van der Waals surface area contributed by atoms with Gasteiger partial charge >= 0.3 is 0 Å². The number of halogens is 1. The van der Waals surface area contributed by atoms with Gasteiger partial charge in [-0.25, -0.2) is 4.39 Å². The molecule has 0 spiro atoms. The first kappa shape index (κ1) is 14.0. The van der Waals surface area contributed by atoms with Crippen LogP contribution in [0.25, 0.3) is 0 Å². The van der Waals surface area contributed by atoms with E-state index in [1.54, 1.807) is 12.1 Å². The average molecular weight is 276 g/mol. The Kier molecular flexibility index (Phi) is 4.08. The summed E-state index contributed by atoms with van der Waals surface area (Å²) >= 11 is 0. The van der Waals surface area contributed by atoms with Crippen LogP contribution in [0.3, 0.4) is 0 Å². The van der Waals surface area contributed by atoms with Crippen LogP contribution >= 0.6 is 0 Å². The quantitative estimate of drug-likeness (QED) is 0.909. The van der Waals surface area contributed by atoms with Gasteiger partial charge in [-0.05, 0) is 63.2 Å². The van der Waals surface area contributed by atoms with Crippen molar-refractivity contribution in [2.24, 2.45) is 5.92 Å². The van der Waals surface area contributed by atoms with Crippen LogP contribution in [0.2, 0.25) is 0 Å². The van der Waals surface area contributed by atoms with Crippen LogP contribution in [0, 0.1) is 11.7 Å². The summed E-state index contributed by atoms with van der Waals surface area (Å²) in [5.41, 5.74) is 1.11. The molecule has 1 heterocycles. The zero-order valence-electron chi connectivity index (χ0n) is 12.4. The highest BCUT2D eigenvalue weighted by Crippen LogP contribution is 2.40. The van der Waals surface area contributed by atoms with Gasteiger partial charge in [-0.3, -0.25) is 0 Å². The summed E-state index contributed by atoms with van der Waals surface area (Å²) in [6.07, 6.45) is 4.74. The third-order valence-corrected chi connectivity index (χ3v) is 4.87. The molecule has 2 aliphatic rings. The summed E-state index contributed by atoms with van der Waals surface area (Å²) in [6, 6.07) is 7.16. The van der Waals surface area contributed by atoms with Crippen LogP contribution in [-0.4, -0.2) is 36.6 Å². The largest absolute Gasteiger partial charge is 0.310 e. The Morgan fingerprint density at radius 2 is 2.15 bits per heavy atom. The molecule has 0 amide bonds. The smallest absolute Gasteiger partial charge is 0.126 e. The molecule has 3 heteroatoms. The molecule has 2 fully saturated rings. The van der Waals surface area contributed by atoms with Crippen molar-refractivity contribution >= 4 is 0 Å². The molecule has 1 aliphatic heterocycles. The predicted molar refractivity (Wildman–Crippen MR) is 80.3 cm³/mol. The van der Waals surface area contributed by atoms with Crippen molar-refractivity contribution in [1.82, 2.24) is 10.2 Å². The number of nitrogens with zero attached hydrogens (tertiary/aromatic N) is 1. The van der Waals surface area contributed by atoms with Gasteiger partial charge in [-0.15, -0.1) is 0 Å². The zero-order chi connectivity index (χ0) is 14.0. The molecule has 2 nitrogen and oxygen atoms in total. The van der Waals surface area contributed by atoms with Crippen molar-refractivity contribution in [3.8, 4) is 0 Å². The highest BCUT2D eigenvalue weighted by atomic mass is 19.1. The first-order valence-corrected chi connectivity index (χ1v) is 7.88. The van der Waals surface area contributed by atoms with E-state index in [0.29, 0.717) is 0 Å². The third kappa shape index (κ3) is 3.21. The normalized spacial score (nSPS) is 28.3. The van der Waals surface area contributed by atoms with Gasteiger partial charge in [-0.2, -0.15) is 0 Å². The molecule has 20 heavy (non-hydrogen) atoms. The highest BCUT2D eigenvalue weighted by Gasteiger charge is 2.42. The van der Waals surface area contributed by atoms with Gasteiger partial charge in [0.25, 0.3) is 0 Å². The summed E-state index contributed by atoms with van der Waals surface area (Å²) in [5.74, 6) is 0.780. The fraction of sp³-hybridized carbons (Fsp3) is 0.647. The number of benzene rings is 1. The van der Waals surface area contributed by atoms with Crippen LogP contribution in [-0.2, 0) is 6.42 Å². The second-order valence-corrected chi connectivity index (χ2v) is 6.59. The van der Waals surface area contributed by atoms with Crippen LogP contribution in [0.5, 0.6) is 0 Å². The van der Waals surface area contributed by atoms with E-state index in [1.165, 1.54) is 19.3 Å². The van der Waals surface area contributed by atoms with Gasteiger partial charge in [0.05, 0.1) is 0 Å². The average Bonchev–Trinajstić information content (AvgIpc) is 3.26. The molecule has 0 bridgehead atoms. The maximum Gasteiger partial charge on any atom is 0.126 e. The molecule has 1 saturated heterocycles. The molecule has 1 aromatic rings. The second kappa shape index (κ2) is 5.82. The zero-order valence-corrected chi connectivity index (χ0v) is 12.4. The van der Waals surface area contributed by atoms with E-state index in [-0.39, 0.29) is 11.4 Å². The molecule has 1 N–H and O–H groups in total. The van der Waals surface area contributed by atoms with Gasteiger partial charge in [-0.1, -0.05) is 18.2 Å². The fourth-order valence-corrected chi connectivity index (χ4v) is 3.44. The predicted octanol–water partition coefficient (Wildman–Crippen LogP) is 2.83.